The van der Waals surface area contributed by atoms with E-state index in [4.69, 9.17) is 9.47 Å². The number of nitrogens with zero attached hydrogens (tertiary/aromatic N) is 1. The number of carbonyl (C=O) groups is 2. The Morgan fingerprint density at radius 3 is 2.19 bits per heavy atom. The van der Waals surface area contributed by atoms with Gasteiger partial charge in [0.2, 0.25) is 0 Å². The van der Waals surface area contributed by atoms with Crippen LogP contribution in [-0.2, 0) is 25.5 Å². The van der Waals surface area contributed by atoms with Crippen molar-refractivity contribution >= 4 is 17.6 Å². The minimum absolute atomic E-state index is 0.118. The van der Waals surface area contributed by atoms with Crippen molar-refractivity contribution in [3.8, 4) is 0 Å². The fourth-order valence-corrected chi connectivity index (χ4v) is 1.90. The van der Waals surface area contributed by atoms with Gasteiger partial charge in [0.05, 0.1) is 13.2 Å². The molecule has 0 spiro atoms. The first-order valence-electron chi connectivity index (χ1n) is 6.79. The third-order valence-corrected chi connectivity index (χ3v) is 3.00. The van der Waals surface area contributed by atoms with Gasteiger partial charge in [-0.25, -0.2) is 0 Å². The molecule has 0 bridgehead atoms. The van der Waals surface area contributed by atoms with Crippen LogP contribution in [0.4, 0.5) is 5.69 Å². The molecule has 0 unspecified atom stereocenters. The van der Waals surface area contributed by atoms with Crippen molar-refractivity contribution in [1.29, 1.82) is 0 Å². The van der Waals surface area contributed by atoms with Crippen LogP contribution >= 0.6 is 0 Å². The molecule has 1 aromatic carbocycles. The lowest BCUT2D eigenvalue weighted by molar-refractivity contribution is -0.161. The topological polar surface area (TPSA) is 82.0 Å². The zero-order valence-electron chi connectivity index (χ0n) is 12.4. The molecule has 0 aromatic heterocycles. The van der Waals surface area contributed by atoms with Crippen molar-refractivity contribution in [2.24, 2.45) is 11.1 Å². The van der Waals surface area contributed by atoms with Crippen molar-refractivity contribution in [1.82, 2.24) is 0 Å². The summed E-state index contributed by atoms with van der Waals surface area (Å²) in [5.41, 5.74) is 1.81. The molecular formula is C15H19NO5. The average molecular weight is 293 g/mol. The molecule has 0 aliphatic rings. The lowest BCUT2D eigenvalue weighted by atomic mass is 9.95. The van der Waals surface area contributed by atoms with Crippen LogP contribution in [0.15, 0.2) is 23.4 Å². The number of carbonyl (C=O) groups excluding carboxylic acids is 2. The summed E-state index contributed by atoms with van der Waals surface area (Å²) in [5, 5.41) is 2.86. The molecule has 1 aromatic rings. The maximum absolute atomic E-state index is 11.9. The van der Waals surface area contributed by atoms with Gasteiger partial charge in [-0.3, -0.25) is 9.59 Å². The molecule has 6 nitrogen and oxygen atoms in total. The van der Waals surface area contributed by atoms with Crippen molar-refractivity contribution in [3.63, 3.8) is 0 Å². The summed E-state index contributed by atoms with van der Waals surface area (Å²) in [6, 6.07) is 4.86. The highest BCUT2D eigenvalue weighted by Gasteiger charge is 2.30. The molecule has 0 N–H and O–H groups in total. The van der Waals surface area contributed by atoms with E-state index in [0.717, 1.165) is 5.56 Å². The largest absolute Gasteiger partial charge is 0.465 e. The molecule has 1 rings (SSSR count). The summed E-state index contributed by atoms with van der Waals surface area (Å²) in [7, 11) is 0. The third kappa shape index (κ3) is 4.66. The van der Waals surface area contributed by atoms with Crippen LogP contribution in [0.3, 0.4) is 0 Å². The minimum atomic E-state index is -1.04. The molecule has 0 amide bonds. The molecule has 0 fully saturated rings. The average Bonchev–Trinajstić information content (AvgIpc) is 2.46. The smallest absolute Gasteiger partial charge is 0.320 e. The Morgan fingerprint density at radius 1 is 1.14 bits per heavy atom. The second-order valence-corrected chi connectivity index (χ2v) is 4.46. The number of rotatable bonds is 7. The molecule has 0 radical (unpaired) electrons. The molecule has 114 valence electrons. The van der Waals surface area contributed by atoms with Crippen LogP contribution in [0, 0.1) is 17.7 Å². The molecule has 0 atom stereocenters. The van der Waals surface area contributed by atoms with E-state index in [1.54, 1.807) is 32.0 Å². The van der Waals surface area contributed by atoms with Crippen molar-refractivity contribution < 1.29 is 19.1 Å². The van der Waals surface area contributed by atoms with E-state index < -0.39 is 17.9 Å². The highest BCUT2D eigenvalue weighted by atomic mass is 16.6. The maximum atomic E-state index is 11.9. The molecular weight excluding hydrogens is 274 g/mol. The fraction of sp³-hybridized carbons (Fsp3) is 0.467. The van der Waals surface area contributed by atoms with Crippen LogP contribution in [0.25, 0.3) is 0 Å². The quantitative estimate of drug-likeness (QED) is 0.438. The number of hydrogen-bond donors (Lipinski definition) is 0. The molecule has 21 heavy (non-hydrogen) atoms. The van der Waals surface area contributed by atoms with Crippen LogP contribution in [-0.4, -0.2) is 25.2 Å². The van der Waals surface area contributed by atoms with Gasteiger partial charge < -0.3 is 9.47 Å². The van der Waals surface area contributed by atoms with E-state index in [2.05, 4.69) is 5.18 Å². The zero-order valence-corrected chi connectivity index (χ0v) is 12.4. The van der Waals surface area contributed by atoms with E-state index in [0.29, 0.717) is 5.56 Å². The predicted octanol–water partition coefficient (Wildman–Crippen LogP) is 2.68. The molecule has 6 heteroatoms. The summed E-state index contributed by atoms with van der Waals surface area (Å²) in [5.74, 6) is -2.29. The zero-order chi connectivity index (χ0) is 15.8. The molecule has 0 saturated carbocycles. The summed E-state index contributed by atoms with van der Waals surface area (Å²) in [6.07, 6.45) is 0.118. The first kappa shape index (κ1) is 16.8. The maximum Gasteiger partial charge on any atom is 0.320 e. The Bertz CT molecular complexity index is 509. The van der Waals surface area contributed by atoms with E-state index in [1.165, 1.54) is 0 Å². The Labute approximate surface area is 123 Å². The number of hydrogen-bond acceptors (Lipinski definition) is 6. The number of nitroso groups, excluding NO2 is 1. The van der Waals surface area contributed by atoms with Gasteiger partial charge in [0.1, 0.15) is 5.69 Å². The lowest BCUT2D eigenvalue weighted by Gasteiger charge is -2.15. The highest BCUT2D eigenvalue weighted by molar-refractivity contribution is 5.95. The predicted molar refractivity (Wildman–Crippen MR) is 77.1 cm³/mol. The normalized spacial score (nSPS) is 10.3. The van der Waals surface area contributed by atoms with E-state index in [9.17, 15) is 14.5 Å². The highest BCUT2D eigenvalue weighted by Crippen LogP contribution is 2.22. The first-order valence-corrected chi connectivity index (χ1v) is 6.79. The first-order chi connectivity index (χ1) is 10.0. The van der Waals surface area contributed by atoms with Gasteiger partial charge in [-0.2, -0.15) is 0 Å². The number of ether oxygens (including phenoxy) is 2. The monoisotopic (exact) mass is 293 g/mol. The lowest BCUT2D eigenvalue weighted by Crippen LogP contribution is -2.30. The summed E-state index contributed by atoms with van der Waals surface area (Å²) < 4.78 is 9.83. The van der Waals surface area contributed by atoms with Crippen molar-refractivity contribution in [2.75, 3.05) is 13.2 Å². The summed E-state index contributed by atoms with van der Waals surface area (Å²) in [6.45, 7) is 5.54. The number of esters is 2. The van der Waals surface area contributed by atoms with E-state index in [-0.39, 0.29) is 25.3 Å². The van der Waals surface area contributed by atoms with Crippen LogP contribution in [0.2, 0.25) is 0 Å². The van der Waals surface area contributed by atoms with Crippen LogP contribution in [0.1, 0.15) is 25.0 Å². The van der Waals surface area contributed by atoms with Crippen LogP contribution < -0.4 is 0 Å². The third-order valence-electron chi connectivity index (χ3n) is 3.00. The SMILES string of the molecule is CCOC(=O)C(Cc1cc(N=O)ccc1C)C(=O)OCC. The molecule has 0 heterocycles. The number of aryl methyl sites for hydroxylation is 1. The Morgan fingerprint density at radius 2 is 1.71 bits per heavy atom. The van der Waals surface area contributed by atoms with Crippen LogP contribution in [0.5, 0.6) is 0 Å². The van der Waals surface area contributed by atoms with Gasteiger partial charge in [0, 0.05) is 0 Å². The van der Waals surface area contributed by atoms with Gasteiger partial charge in [-0.1, -0.05) is 6.07 Å². The Hall–Kier alpha value is -2.24. The second kappa shape index (κ2) is 8.14. The number of benzene rings is 1. The van der Waals surface area contributed by atoms with Gasteiger partial charge >= 0.3 is 11.9 Å². The summed E-state index contributed by atoms with van der Waals surface area (Å²) >= 11 is 0. The minimum Gasteiger partial charge on any atom is -0.465 e. The van der Waals surface area contributed by atoms with Gasteiger partial charge in [-0.05, 0) is 55.6 Å². The van der Waals surface area contributed by atoms with Crippen molar-refractivity contribution in [3.05, 3.63) is 34.2 Å². The van der Waals surface area contributed by atoms with E-state index in [1.807, 2.05) is 6.92 Å². The Balaban J connectivity index is 3.02. The van der Waals surface area contributed by atoms with E-state index >= 15 is 0 Å². The van der Waals surface area contributed by atoms with Gasteiger partial charge in [-0.15, -0.1) is 4.91 Å². The fourth-order valence-electron chi connectivity index (χ4n) is 1.90. The summed E-state index contributed by atoms with van der Waals surface area (Å²) in [4.78, 5) is 34.4. The molecule has 0 saturated heterocycles. The van der Waals surface area contributed by atoms with Gasteiger partial charge in [0.25, 0.3) is 0 Å². The standard InChI is InChI=1S/C15H19NO5/c1-4-20-14(17)13(15(18)21-5-2)9-11-8-12(16-19)7-6-10(11)3/h6-8,13H,4-5,9H2,1-3H3. The second-order valence-electron chi connectivity index (χ2n) is 4.46. The molecule has 0 aliphatic heterocycles. The molecule has 0 aliphatic carbocycles. The van der Waals surface area contributed by atoms with Gasteiger partial charge in [0.15, 0.2) is 5.92 Å². The Kier molecular flexibility index (Phi) is 6.52. The van der Waals surface area contributed by atoms with Crippen molar-refractivity contribution in [2.45, 2.75) is 27.2 Å².